The van der Waals surface area contributed by atoms with Crippen LogP contribution in [-0.4, -0.2) is 43.7 Å². The topological polar surface area (TPSA) is 49.4 Å². The van der Waals surface area contributed by atoms with E-state index >= 15 is 0 Å². The number of carbonyl (C=O) groups is 2. The van der Waals surface area contributed by atoms with Gasteiger partial charge in [-0.1, -0.05) is 15.9 Å². The van der Waals surface area contributed by atoms with Crippen molar-refractivity contribution in [1.82, 2.24) is 10.2 Å². The molecule has 0 amide bonds. The van der Waals surface area contributed by atoms with E-state index in [0.29, 0.717) is 11.0 Å². The molecule has 0 radical (unpaired) electrons. The van der Waals surface area contributed by atoms with Crippen LogP contribution >= 0.6 is 15.9 Å². The summed E-state index contributed by atoms with van der Waals surface area (Å²) in [7, 11) is 3.84. The summed E-state index contributed by atoms with van der Waals surface area (Å²) < 4.78 is 27.9. The van der Waals surface area contributed by atoms with E-state index in [2.05, 4.69) is 21.2 Å². The van der Waals surface area contributed by atoms with Crippen LogP contribution in [0, 0.1) is 11.6 Å². The summed E-state index contributed by atoms with van der Waals surface area (Å²) in [5.74, 6) is -3.37. The Balaban J connectivity index is 2.14. The molecule has 1 aromatic carbocycles. The Labute approximate surface area is 148 Å². The Morgan fingerprint density at radius 1 is 1.25 bits per heavy atom. The molecule has 24 heavy (non-hydrogen) atoms. The first-order chi connectivity index (χ1) is 11.3. The number of hydrogen-bond acceptors (Lipinski definition) is 4. The van der Waals surface area contributed by atoms with Crippen molar-refractivity contribution >= 4 is 27.5 Å². The predicted molar refractivity (Wildman–Crippen MR) is 90.7 cm³/mol. The molecule has 0 spiro atoms. The summed E-state index contributed by atoms with van der Waals surface area (Å²) in [6.45, 7) is 1.36. The van der Waals surface area contributed by atoms with Crippen molar-refractivity contribution in [2.45, 2.75) is 18.8 Å². The van der Waals surface area contributed by atoms with E-state index in [-0.39, 0.29) is 35.5 Å². The number of nitrogens with one attached hydrogen (secondary N) is 1. The highest BCUT2D eigenvalue weighted by Gasteiger charge is 2.34. The zero-order chi connectivity index (χ0) is 17.9. The number of halogens is 3. The highest BCUT2D eigenvalue weighted by atomic mass is 79.9. The molecule has 1 aromatic rings. The van der Waals surface area contributed by atoms with Gasteiger partial charge < -0.3 is 10.2 Å². The van der Waals surface area contributed by atoms with Gasteiger partial charge in [0.1, 0.15) is 0 Å². The molecule has 1 N–H and O–H groups in total. The van der Waals surface area contributed by atoms with E-state index in [0.717, 1.165) is 12.6 Å². The van der Waals surface area contributed by atoms with Gasteiger partial charge in [0.05, 0.1) is 5.57 Å². The van der Waals surface area contributed by atoms with Crippen LogP contribution < -0.4 is 5.32 Å². The molecule has 4 nitrogen and oxygen atoms in total. The lowest BCUT2D eigenvalue weighted by Gasteiger charge is -2.24. The van der Waals surface area contributed by atoms with Gasteiger partial charge in [-0.2, -0.15) is 0 Å². The van der Waals surface area contributed by atoms with Crippen molar-refractivity contribution in [1.29, 1.82) is 0 Å². The molecular formula is C17H19BrF2N2O2. The fraction of sp³-hybridized carbons (Fsp3) is 0.412. The molecule has 0 aliphatic heterocycles. The van der Waals surface area contributed by atoms with Crippen LogP contribution in [0.1, 0.15) is 24.3 Å². The largest absolute Gasteiger partial charge is 0.389 e. The smallest absolute Gasteiger partial charge is 0.168 e. The second-order valence-corrected chi connectivity index (χ2v) is 6.88. The Morgan fingerprint density at radius 2 is 1.88 bits per heavy atom. The average molecular weight is 401 g/mol. The van der Waals surface area contributed by atoms with Gasteiger partial charge in [-0.05, 0) is 26.2 Å². The molecule has 2 rings (SSSR count). The number of benzene rings is 1. The summed E-state index contributed by atoms with van der Waals surface area (Å²) in [6.07, 6.45) is 1.39. The standard InChI is InChI=1S/C17H19BrF2N2O2/c1-22(2)6-5-21-9-11-14(23)7-10(8-15(11)24)16-12(18)3-4-13(19)17(16)20/h3-4,9-10,21H,5-8H2,1-2H3. The number of likely N-dealkylation sites (N-methyl/N-ethyl adjacent to an activating group) is 1. The van der Waals surface area contributed by atoms with Gasteiger partial charge in [-0.3, -0.25) is 9.59 Å². The molecule has 0 bridgehead atoms. The molecule has 130 valence electrons. The van der Waals surface area contributed by atoms with Crippen LogP contribution in [0.15, 0.2) is 28.4 Å². The lowest BCUT2D eigenvalue weighted by molar-refractivity contribution is -0.124. The molecule has 1 fully saturated rings. The molecular weight excluding hydrogens is 382 g/mol. The van der Waals surface area contributed by atoms with Crippen LogP contribution in [-0.2, 0) is 9.59 Å². The minimum Gasteiger partial charge on any atom is -0.389 e. The maximum absolute atomic E-state index is 14.1. The van der Waals surface area contributed by atoms with Gasteiger partial charge >= 0.3 is 0 Å². The van der Waals surface area contributed by atoms with Gasteiger partial charge in [0, 0.05) is 48.1 Å². The summed E-state index contributed by atoms with van der Waals surface area (Å²) in [4.78, 5) is 26.5. The maximum atomic E-state index is 14.1. The molecule has 0 unspecified atom stereocenters. The van der Waals surface area contributed by atoms with Gasteiger partial charge in [0.15, 0.2) is 23.2 Å². The minimum atomic E-state index is -1.01. The first kappa shape index (κ1) is 18.7. The van der Waals surface area contributed by atoms with Crippen molar-refractivity contribution in [3.8, 4) is 0 Å². The lowest BCUT2D eigenvalue weighted by atomic mass is 9.80. The van der Waals surface area contributed by atoms with Crippen molar-refractivity contribution < 1.29 is 18.4 Å². The molecule has 1 aliphatic rings. The van der Waals surface area contributed by atoms with Crippen LogP contribution in [0.2, 0.25) is 0 Å². The summed E-state index contributed by atoms with van der Waals surface area (Å²) in [5, 5.41) is 2.95. The third-order valence-corrected chi connectivity index (χ3v) is 4.59. The van der Waals surface area contributed by atoms with Crippen LogP contribution in [0.25, 0.3) is 0 Å². The van der Waals surface area contributed by atoms with Crippen molar-refractivity contribution in [2.24, 2.45) is 0 Å². The minimum absolute atomic E-state index is 0.0219. The number of nitrogens with zero attached hydrogens (tertiary/aromatic N) is 1. The first-order valence-corrected chi connectivity index (χ1v) is 8.38. The van der Waals surface area contributed by atoms with E-state index in [1.165, 1.54) is 12.3 Å². The third-order valence-electron chi connectivity index (χ3n) is 3.90. The van der Waals surface area contributed by atoms with Gasteiger partial charge in [0.2, 0.25) is 0 Å². The number of hydrogen-bond donors (Lipinski definition) is 1. The van der Waals surface area contributed by atoms with Crippen LogP contribution in [0.3, 0.4) is 0 Å². The normalized spacial score (nSPS) is 18.2. The quantitative estimate of drug-likeness (QED) is 0.357. The van der Waals surface area contributed by atoms with E-state index in [4.69, 9.17) is 0 Å². The Hall–Kier alpha value is -1.60. The van der Waals surface area contributed by atoms with E-state index in [9.17, 15) is 18.4 Å². The SMILES string of the molecule is CN(C)CCNC=C1C(=O)CC(c2c(Br)ccc(F)c2F)CC1=O. The fourth-order valence-electron chi connectivity index (χ4n) is 2.64. The number of carbonyl (C=O) groups excluding carboxylic acids is 2. The number of ketones is 2. The lowest BCUT2D eigenvalue weighted by Crippen LogP contribution is -2.29. The second kappa shape index (κ2) is 7.98. The summed E-state index contributed by atoms with van der Waals surface area (Å²) in [6, 6.07) is 2.40. The molecule has 0 heterocycles. The molecule has 1 saturated carbocycles. The maximum Gasteiger partial charge on any atom is 0.168 e. The molecule has 0 atom stereocenters. The molecule has 0 saturated heterocycles. The van der Waals surface area contributed by atoms with Gasteiger partial charge in [-0.25, -0.2) is 8.78 Å². The second-order valence-electron chi connectivity index (χ2n) is 6.02. The monoisotopic (exact) mass is 400 g/mol. The number of allylic oxidation sites excluding steroid dienone is 1. The highest BCUT2D eigenvalue weighted by molar-refractivity contribution is 9.10. The number of Topliss-reactive ketones (excluding diaryl/α,β-unsaturated/α-hetero) is 2. The van der Waals surface area contributed by atoms with Crippen molar-refractivity contribution in [3.63, 3.8) is 0 Å². The Kier molecular flexibility index (Phi) is 6.23. The molecule has 7 heteroatoms. The van der Waals surface area contributed by atoms with E-state index < -0.39 is 17.6 Å². The third kappa shape index (κ3) is 4.27. The van der Waals surface area contributed by atoms with Crippen molar-refractivity contribution in [3.05, 3.63) is 45.6 Å². The van der Waals surface area contributed by atoms with Gasteiger partial charge in [-0.15, -0.1) is 0 Å². The Bertz CT molecular complexity index is 669. The van der Waals surface area contributed by atoms with E-state index in [1.807, 2.05) is 19.0 Å². The van der Waals surface area contributed by atoms with E-state index in [1.54, 1.807) is 0 Å². The van der Waals surface area contributed by atoms with Crippen LogP contribution in [0.5, 0.6) is 0 Å². The Morgan fingerprint density at radius 3 is 2.46 bits per heavy atom. The summed E-state index contributed by atoms with van der Waals surface area (Å²) in [5.41, 5.74) is 0.147. The summed E-state index contributed by atoms with van der Waals surface area (Å²) >= 11 is 3.18. The zero-order valence-corrected chi connectivity index (χ0v) is 15.1. The van der Waals surface area contributed by atoms with Crippen LogP contribution in [0.4, 0.5) is 8.78 Å². The fourth-order valence-corrected chi connectivity index (χ4v) is 3.27. The highest BCUT2D eigenvalue weighted by Crippen LogP contribution is 2.37. The predicted octanol–water partition coefficient (Wildman–Crippen LogP) is 2.78. The zero-order valence-electron chi connectivity index (χ0n) is 13.5. The average Bonchev–Trinajstić information content (AvgIpc) is 2.49. The van der Waals surface area contributed by atoms with Crippen molar-refractivity contribution in [2.75, 3.05) is 27.2 Å². The van der Waals surface area contributed by atoms with Gasteiger partial charge in [0.25, 0.3) is 0 Å². The first-order valence-electron chi connectivity index (χ1n) is 7.59. The molecule has 1 aliphatic carbocycles. The number of rotatable bonds is 5. The molecule has 0 aromatic heterocycles.